The van der Waals surface area contributed by atoms with Crippen LogP contribution in [0.1, 0.15) is 38.5 Å². The number of hydrogen-bond acceptors (Lipinski definition) is 8. The van der Waals surface area contributed by atoms with E-state index >= 15 is 0 Å². The number of nitrogens with one attached hydrogen (secondary N) is 2. The van der Waals surface area contributed by atoms with Gasteiger partial charge in [0.2, 0.25) is 11.8 Å². The number of aliphatic hydroxyl groups excluding tert-OH is 1. The van der Waals surface area contributed by atoms with Gasteiger partial charge in [0.05, 0.1) is 13.2 Å². The molecule has 2 aliphatic rings. The first kappa shape index (κ1) is 25.6. The number of rotatable bonds is 15. The van der Waals surface area contributed by atoms with Gasteiger partial charge in [-0.15, -0.1) is 0 Å². The van der Waals surface area contributed by atoms with Crippen molar-refractivity contribution in [3.05, 3.63) is 0 Å². The van der Waals surface area contributed by atoms with Crippen molar-refractivity contribution in [2.24, 2.45) is 5.92 Å². The van der Waals surface area contributed by atoms with E-state index in [9.17, 15) is 19.3 Å². The molecule has 0 bridgehead atoms. The lowest BCUT2D eigenvalue weighted by Crippen LogP contribution is -2.34. The monoisotopic (exact) mass is 468 g/mol. The van der Waals surface area contributed by atoms with E-state index in [1.807, 2.05) is 11.8 Å². The van der Waals surface area contributed by atoms with Gasteiger partial charge in [0.25, 0.3) is 0 Å². The quantitative estimate of drug-likeness (QED) is 0.203. The Labute approximate surface area is 181 Å². The second kappa shape index (κ2) is 13.0. The average Bonchev–Trinajstić information content (AvgIpc) is 3.25. The first-order valence-corrected chi connectivity index (χ1v) is 12.8. The molecule has 2 fully saturated rings. The maximum Gasteiger partial charge on any atom is 0.472 e. The molecule has 0 spiro atoms. The number of hydrogen-bond donors (Lipinski definition) is 4. The zero-order valence-electron chi connectivity index (χ0n) is 17.3. The minimum atomic E-state index is -4.09. The summed E-state index contributed by atoms with van der Waals surface area (Å²) < 4.78 is 25.1. The number of thioether (sulfide) groups is 1. The topological polar surface area (TPSA) is 143 Å². The second-order valence-corrected chi connectivity index (χ2v) is 10.4. The number of aliphatic hydroxyl groups is 1. The van der Waals surface area contributed by atoms with E-state index in [-0.39, 0.29) is 25.0 Å². The van der Waals surface area contributed by atoms with Gasteiger partial charge < -0.3 is 25.4 Å². The summed E-state index contributed by atoms with van der Waals surface area (Å²) in [4.78, 5) is 32.4. The van der Waals surface area contributed by atoms with E-state index in [4.69, 9.17) is 9.63 Å². The van der Waals surface area contributed by atoms with Crippen LogP contribution in [0.3, 0.4) is 0 Å². The van der Waals surface area contributed by atoms with Gasteiger partial charge >= 0.3 is 7.82 Å². The van der Waals surface area contributed by atoms with E-state index in [0.717, 1.165) is 32.1 Å². The van der Waals surface area contributed by atoms with Gasteiger partial charge in [-0.05, 0) is 30.9 Å². The van der Waals surface area contributed by atoms with Crippen molar-refractivity contribution in [2.75, 3.05) is 39.2 Å². The lowest BCUT2D eigenvalue weighted by molar-refractivity contribution is -0.121. The number of amides is 2. The first-order valence-electron chi connectivity index (χ1n) is 10.3. The van der Waals surface area contributed by atoms with Crippen LogP contribution < -0.4 is 10.6 Å². The Hall–Kier alpha value is -0.680. The summed E-state index contributed by atoms with van der Waals surface area (Å²) in [6.45, 7) is 0.408. The van der Waals surface area contributed by atoms with Crippen molar-refractivity contribution in [3.63, 3.8) is 0 Å². The predicted octanol–water partition coefficient (Wildman–Crippen LogP) is 0.814. The maximum absolute atomic E-state index is 11.9. The fourth-order valence-corrected chi connectivity index (χ4v) is 5.64. The zero-order valence-corrected chi connectivity index (χ0v) is 19.0. The molecule has 2 amide bonds. The Morgan fingerprint density at radius 3 is 2.93 bits per heavy atom. The molecule has 2 heterocycles. The van der Waals surface area contributed by atoms with E-state index in [2.05, 4.69) is 19.7 Å². The molecule has 0 aromatic heterocycles. The largest absolute Gasteiger partial charge is 0.472 e. The zero-order chi connectivity index (χ0) is 22.0. The molecule has 0 aliphatic carbocycles. The van der Waals surface area contributed by atoms with Crippen molar-refractivity contribution < 1.29 is 37.9 Å². The summed E-state index contributed by atoms with van der Waals surface area (Å²) in [6.07, 6.45) is 3.51. The summed E-state index contributed by atoms with van der Waals surface area (Å²) in [6, 6.07) is 0.314. The predicted molar refractivity (Wildman–Crippen MR) is 112 cm³/mol. The van der Waals surface area contributed by atoms with Gasteiger partial charge in [-0.1, -0.05) is 6.42 Å². The molecular formula is C18H33N2O8PS. The Morgan fingerprint density at radius 1 is 1.37 bits per heavy atom. The average molecular weight is 469 g/mol. The van der Waals surface area contributed by atoms with E-state index in [0.29, 0.717) is 49.6 Å². The van der Waals surface area contributed by atoms with Crippen molar-refractivity contribution in [1.29, 1.82) is 0 Å². The van der Waals surface area contributed by atoms with Crippen LogP contribution in [0.4, 0.5) is 0 Å². The van der Waals surface area contributed by atoms with E-state index in [1.54, 1.807) is 0 Å². The fourth-order valence-electron chi connectivity index (χ4n) is 3.52. The highest BCUT2D eigenvalue weighted by atomic mass is 32.2. The molecule has 4 N–H and O–H groups in total. The third kappa shape index (κ3) is 9.21. The van der Waals surface area contributed by atoms with Crippen molar-refractivity contribution in [2.45, 2.75) is 55.9 Å². The van der Waals surface area contributed by atoms with Crippen molar-refractivity contribution in [3.8, 4) is 0 Å². The SMILES string of the molecule is COP(=O)(O)OCC(O)COCCCNC(=O)CCCCC1SCC2CC(=O)NC21. The smallest absolute Gasteiger partial charge is 0.388 e. The molecule has 5 unspecified atom stereocenters. The van der Waals surface area contributed by atoms with Gasteiger partial charge in [-0.3, -0.25) is 18.6 Å². The normalized spacial score (nSPS) is 26.1. The van der Waals surface area contributed by atoms with Gasteiger partial charge in [0.1, 0.15) is 6.10 Å². The van der Waals surface area contributed by atoms with E-state index < -0.39 is 13.9 Å². The highest BCUT2D eigenvalue weighted by Crippen LogP contribution is 2.42. The Kier molecular flexibility index (Phi) is 11.1. The molecule has 2 aliphatic heterocycles. The van der Waals surface area contributed by atoms with Gasteiger partial charge in [-0.2, -0.15) is 11.8 Å². The van der Waals surface area contributed by atoms with Gasteiger partial charge in [0, 0.05) is 44.4 Å². The number of ether oxygens (including phenoxy) is 1. The van der Waals surface area contributed by atoms with Crippen molar-refractivity contribution >= 4 is 31.4 Å². The summed E-state index contributed by atoms with van der Waals surface area (Å²) in [5, 5.41) is 16.0. The van der Waals surface area contributed by atoms with Gasteiger partial charge in [0.15, 0.2) is 0 Å². The van der Waals surface area contributed by atoms with Crippen molar-refractivity contribution in [1.82, 2.24) is 10.6 Å². The molecule has 5 atom stereocenters. The van der Waals surface area contributed by atoms with Crippen LogP contribution in [-0.2, 0) is 27.9 Å². The Bertz CT molecular complexity index is 611. The van der Waals surface area contributed by atoms with Crippen LogP contribution in [0, 0.1) is 5.92 Å². The molecule has 0 aromatic rings. The van der Waals surface area contributed by atoms with Crippen LogP contribution >= 0.6 is 19.6 Å². The molecule has 12 heteroatoms. The number of phosphoric ester groups is 1. The number of fused-ring (bicyclic) bond motifs is 1. The Balaban J connectivity index is 1.41. The third-order valence-electron chi connectivity index (χ3n) is 5.11. The summed E-state index contributed by atoms with van der Waals surface area (Å²) in [5.74, 6) is 1.71. The molecular weight excluding hydrogens is 435 g/mol. The number of carbonyl (C=O) groups excluding carboxylic acids is 2. The molecule has 174 valence electrons. The molecule has 0 aromatic carbocycles. The van der Waals surface area contributed by atoms with Crippen LogP contribution in [0.25, 0.3) is 0 Å². The number of carbonyl (C=O) groups is 2. The lowest BCUT2D eigenvalue weighted by Gasteiger charge is -2.17. The first-order chi connectivity index (χ1) is 14.3. The van der Waals surface area contributed by atoms with Crippen LogP contribution in [0.15, 0.2) is 0 Å². The molecule has 30 heavy (non-hydrogen) atoms. The lowest BCUT2D eigenvalue weighted by atomic mass is 9.97. The van der Waals surface area contributed by atoms with E-state index in [1.165, 1.54) is 0 Å². The summed E-state index contributed by atoms with van der Waals surface area (Å²) in [5.41, 5.74) is 0. The summed E-state index contributed by atoms with van der Waals surface area (Å²) in [7, 11) is -3.06. The molecule has 2 rings (SSSR count). The molecule has 10 nitrogen and oxygen atoms in total. The van der Waals surface area contributed by atoms with Crippen LogP contribution in [0.5, 0.6) is 0 Å². The fraction of sp³-hybridized carbons (Fsp3) is 0.889. The molecule has 2 saturated heterocycles. The maximum atomic E-state index is 11.9. The Morgan fingerprint density at radius 2 is 2.17 bits per heavy atom. The minimum Gasteiger partial charge on any atom is -0.388 e. The second-order valence-electron chi connectivity index (χ2n) is 7.55. The molecule has 0 radical (unpaired) electrons. The van der Waals surface area contributed by atoms with Crippen LogP contribution in [-0.4, -0.2) is 78.4 Å². The highest BCUT2D eigenvalue weighted by molar-refractivity contribution is 8.00. The summed E-state index contributed by atoms with van der Waals surface area (Å²) >= 11 is 1.94. The minimum absolute atomic E-state index is 0.00724. The molecule has 0 saturated carbocycles. The van der Waals surface area contributed by atoms with Crippen LogP contribution in [0.2, 0.25) is 0 Å². The third-order valence-corrected chi connectivity index (χ3v) is 7.62. The standard InChI is InChI=1S/C18H33N2O8PS/c1-26-29(24,25)28-11-14(21)10-27-8-4-7-19-16(22)6-3-2-5-15-18-13(12-30-15)9-17(23)20-18/h13-15,18,21H,2-12H2,1H3,(H,19,22)(H,20,23)(H,24,25). The number of phosphoric acid groups is 1. The highest BCUT2D eigenvalue weighted by Gasteiger charge is 2.42. The van der Waals surface area contributed by atoms with Gasteiger partial charge in [-0.25, -0.2) is 4.57 Å². The number of unbranched alkanes of at least 4 members (excludes halogenated alkanes) is 1.